The fraction of sp³-hybridized carbons (Fsp3) is 0.364. The molecule has 2 aliphatic heterocycles. The molecule has 2 heterocycles. The van der Waals surface area contributed by atoms with Crippen molar-refractivity contribution in [3.8, 4) is 0 Å². The average Bonchev–Trinajstić information content (AvgIpc) is 3.11. The first-order chi connectivity index (χ1) is 15.4. The van der Waals surface area contributed by atoms with Crippen LogP contribution in [0.15, 0.2) is 48.5 Å². The second-order valence-electron chi connectivity index (χ2n) is 7.98. The van der Waals surface area contributed by atoms with E-state index in [1.54, 1.807) is 0 Å². The molecule has 9 nitrogen and oxygen atoms in total. The van der Waals surface area contributed by atoms with Gasteiger partial charge >= 0.3 is 0 Å². The molecule has 4 rings (SSSR count). The van der Waals surface area contributed by atoms with Crippen molar-refractivity contribution >= 4 is 34.8 Å². The van der Waals surface area contributed by atoms with Crippen molar-refractivity contribution in [2.24, 2.45) is 0 Å². The molecule has 0 unspecified atom stereocenters. The highest BCUT2D eigenvalue weighted by Gasteiger charge is 2.50. The number of hydrogen-bond acceptors (Lipinski definition) is 6. The summed E-state index contributed by atoms with van der Waals surface area (Å²) in [5.41, 5.74) is 0.546. The zero-order valence-electron chi connectivity index (χ0n) is 17.4. The van der Waals surface area contributed by atoms with Gasteiger partial charge in [0.25, 0.3) is 11.6 Å². The number of rotatable bonds is 6. The Kier molecular flexibility index (Phi) is 6.29. The first-order valence-corrected chi connectivity index (χ1v) is 10.8. The van der Waals surface area contributed by atoms with Crippen molar-refractivity contribution in [1.82, 2.24) is 15.5 Å². The predicted molar refractivity (Wildman–Crippen MR) is 121 cm³/mol. The molecular formula is C22H24ClN5O4. The van der Waals surface area contributed by atoms with E-state index < -0.39 is 10.5 Å². The van der Waals surface area contributed by atoms with Crippen LogP contribution in [0, 0.1) is 10.1 Å². The van der Waals surface area contributed by atoms with Gasteiger partial charge in [-0.2, -0.15) is 0 Å². The summed E-state index contributed by atoms with van der Waals surface area (Å²) in [5.74, 6) is -0.300. The summed E-state index contributed by atoms with van der Waals surface area (Å²) in [4.78, 5) is 39.7. The van der Waals surface area contributed by atoms with Crippen LogP contribution in [-0.2, 0) is 4.79 Å². The van der Waals surface area contributed by atoms with E-state index in [0.29, 0.717) is 32.6 Å². The van der Waals surface area contributed by atoms with Crippen LogP contribution in [0.5, 0.6) is 0 Å². The van der Waals surface area contributed by atoms with Gasteiger partial charge in [0.1, 0.15) is 5.54 Å². The normalized spacial score (nSPS) is 17.9. The van der Waals surface area contributed by atoms with E-state index in [1.165, 1.54) is 18.2 Å². The third kappa shape index (κ3) is 4.26. The van der Waals surface area contributed by atoms with Crippen LogP contribution in [0.2, 0.25) is 5.02 Å². The molecule has 2 N–H and O–H groups in total. The van der Waals surface area contributed by atoms with E-state index in [4.69, 9.17) is 11.6 Å². The third-order valence-corrected chi connectivity index (χ3v) is 6.52. The lowest BCUT2D eigenvalue weighted by Crippen LogP contribution is -2.57. The molecule has 0 bridgehead atoms. The van der Waals surface area contributed by atoms with Gasteiger partial charge in [0.2, 0.25) is 5.91 Å². The van der Waals surface area contributed by atoms with Gasteiger partial charge in [-0.1, -0.05) is 29.8 Å². The number of nitro groups is 1. The zero-order chi connectivity index (χ0) is 22.7. The van der Waals surface area contributed by atoms with Gasteiger partial charge in [-0.15, -0.1) is 0 Å². The number of piperidine rings is 1. The zero-order valence-corrected chi connectivity index (χ0v) is 18.2. The number of carbonyl (C=O) groups excluding carboxylic acids is 2. The van der Waals surface area contributed by atoms with Crippen LogP contribution in [0.1, 0.15) is 23.2 Å². The van der Waals surface area contributed by atoms with Crippen LogP contribution in [0.4, 0.5) is 11.4 Å². The van der Waals surface area contributed by atoms with Crippen molar-refractivity contribution in [2.45, 2.75) is 18.4 Å². The summed E-state index contributed by atoms with van der Waals surface area (Å²) in [6, 6.07) is 13.7. The highest BCUT2D eigenvalue weighted by atomic mass is 35.5. The molecule has 0 aliphatic carbocycles. The number of halogens is 1. The van der Waals surface area contributed by atoms with Gasteiger partial charge in [0.15, 0.2) is 0 Å². The molecule has 0 saturated carbocycles. The molecule has 32 heavy (non-hydrogen) atoms. The molecule has 2 fully saturated rings. The fourth-order valence-corrected chi connectivity index (χ4v) is 4.66. The standard InChI is InChI=1S/C22H24ClN5O4/c23-19-14-17(28(31)32)6-7-18(19)20(29)24-10-13-26-11-8-22(9-12-26)21(30)25-15-27(22)16-4-2-1-3-5-16/h1-7,14H,8-13,15H2,(H,24,29)(H,25,30). The Bertz CT molecular complexity index is 1020. The molecule has 2 aliphatic rings. The van der Waals surface area contributed by atoms with Crippen LogP contribution < -0.4 is 15.5 Å². The first kappa shape index (κ1) is 22.0. The third-order valence-electron chi connectivity index (χ3n) is 6.21. The van der Waals surface area contributed by atoms with E-state index in [-0.39, 0.29) is 28.1 Å². The number of amides is 2. The first-order valence-electron chi connectivity index (χ1n) is 10.5. The van der Waals surface area contributed by atoms with Crippen molar-refractivity contribution in [3.63, 3.8) is 0 Å². The second-order valence-corrected chi connectivity index (χ2v) is 8.39. The lowest BCUT2D eigenvalue weighted by molar-refractivity contribution is -0.384. The number of benzene rings is 2. The monoisotopic (exact) mass is 457 g/mol. The Labute approximate surface area is 190 Å². The Hall–Kier alpha value is -3.17. The van der Waals surface area contributed by atoms with Crippen LogP contribution >= 0.6 is 11.6 Å². The molecule has 0 atom stereocenters. The lowest BCUT2D eigenvalue weighted by Gasteiger charge is -2.43. The van der Waals surface area contributed by atoms with Gasteiger partial charge in [0.05, 0.1) is 22.2 Å². The molecule has 10 heteroatoms. The second kappa shape index (κ2) is 9.13. The average molecular weight is 458 g/mol. The lowest BCUT2D eigenvalue weighted by atomic mass is 9.85. The minimum absolute atomic E-state index is 0.0462. The maximum atomic E-state index is 12.7. The summed E-state index contributed by atoms with van der Waals surface area (Å²) in [5, 5.41) is 16.7. The maximum absolute atomic E-state index is 12.7. The summed E-state index contributed by atoms with van der Waals surface area (Å²) >= 11 is 6.02. The van der Waals surface area contributed by atoms with Gasteiger partial charge in [-0.3, -0.25) is 19.7 Å². The van der Waals surface area contributed by atoms with Crippen molar-refractivity contribution in [2.75, 3.05) is 37.7 Å². The smallest absolute Gasteiger partial charge is 0.270 e. The summed E-state index contributed by atoms with van der Waals surface area (Å²) in [6.07, 6.45) is 1.41. The van der Waals surface area contributed by atoms with Crippen molar-refractivity contribution in [3.05, 3.63) is 69.2 Å². The Balaban J connectivity index is 1.30. The summed E-state index contributed by atoms with van der Waals surface area (Å²) in [7, 11) is 0. The van der Waals surface area contributed by atoms with Gasteiger partial charge < -0.3 is 20.4 Å². The van der Waals surface area contributed by atoms with E-state index in [1.807, 2.05) is 30.3 Å². The number of nitrogens with one attached hydrogen (secondary N) is 2. The van der Waals surface area contributed by atoms with E-state index in [9.17, 15) is 19.7 Å². The molecular weight excluding hydrogens is 434 g/mol. The predicted octanol–water partition coefficient (Wildman–Crippen LogP) is 2.41. The summed E-state index contributed by atoms with van der Waals surface area (Å²) in [6.45, 7) is 3.04. The molecule has 2 saturated heterocycles. The number of carbonyl (C=O) groups is 2. The molecule has 2 aromatic rings. The fourth-order valence-electron chi connectivity index (χ4n) is 4.40. The highest BCUT2D eigenvalue weighted by Crippen LogP contribution is 2.36. The molecule has 168 valence electrons. The van der Waals surface area contributed by atoms with Crippen molar-refractivity contribution in [1.29, 1.82) is 0 Å². The Morgan fingerprint density at radius 2 is 1.91 bits per heavy atom. The number of nitrogens with zero attached hydrogens (tertiary/aromatic N) is 3. The topological polar surface area (TPSA) is 108 Å². The number of non-ortho nitro benzene ring substituents is 1. The number of nitro benzene ring substituents is 1. The number of hydrogen-bond donors (Lipinski definition) is 2. The summed E-state index contributed by atoms with van der Waals surface area (Å²) < 4.78 is 0. The number of anilines is 1. The largest absolute Gasteiger partial charge is 0.351 e. The van der Waals surface area contributed by atoms with Gasteiger partial charge in [-0.05, 0) is 31.0 Å². The molecule has 0 aromatic heterocycles. The van der Waals surface area contributed by atoms with Crippen LogP contribution in [-0.4, -0.2) is 60.0 Å². The molecule has 1 spiro atoms. The van der Waals surface area contributed by atoms with Crippen LogP contribution in [0.25, 0.3) is 0 Å². The van der Waals surface area contributed by atoms with E-state index in [2.05, 4.69) is 20.4 Å². The molecule has 2 aromatic carbocycles. The van der Waals surface area contributed by atoms with Crippen LogP contribution in [0.3, 0.4) is 0 Å². The minimum Gasteiger partial charge on any atom is -0.351 e. The van der Waals surface area contributed by atoms with Gasteiger partial charge in [0, 0.05) is 44.0 Å². The molecule has 0 radical (unpaired) electrons. The highest BCUT2D eigenvalue weighted by molar-refractivity contribution is 6.34. The van der Waals surface area contributed by atoms with E-state index in [0.717, 1.165) is 18.8 Å². The van der Waals surface area contributed by atoms with Crippen molar-refractivity contribution < 1.29 is 14.5 Å². The Morgan fingerprint density at radius 1 is 1.19 bits per heavy atom. The molecule has 2 amide bonds. The van der Waals surface area contributed by atoms with E-state index >= 15 is 0 Å². The number of likely N-dealkylation sites (tertiary alicyclic amines) is 1. The SMILES string of the molecule is O=C(NCCN1CCC2(CC1)C(=O)NCN2c1ccccc1)c1ccc([N+](=O)[O-])cc1Cl. The number of para-hydroxylation sites is 1. The maximum Gasteiger partial charge on any atom is 0.270 e. The quantitative estimate of drug-likeness (QED) is 0.509. The Morgan fingerprint density at radius 3 is 2.56 bits per heavy atom. The minimum atomic E-state index is -0.555. The van der Waals surface area contributed by atoms with Gasteiger partial charge in [-0.25, -0.2) is 0 Å².